The Morgan fingerprint density at radius 1 is 1.47 bits per heavy atom. The predicted octanol–water partition coefficient (Wildman–Crippen LogP) is 3.82. The summed E-state index contributed by atoms with van der Waals surface area (Å²) in [6.07, 6.45) is 4.74. The van der Waals surface area contributed by atoms with E-state index in [2.05, 4.69) is 6.92 Å². The average molecular weight is 239 g/mol. The van der Waals surface area contributed by atoms with Crippen molar-refractivity contribution in [3.63, 3.8) is 0 Å². The fraction of sp³-hybridized carbons (Fsp3) is 0.615. The second kappa shape index (κ2) is 5.75. The molecule has 0 aliphatic rings. The summed E-state index contributed by atoms with van der Waals surface area (Å²) in [5, 5.41) is 0. The summed E-state index contributed by atoms with van der Waals surface area (Å²) in [5.74, 6) is 0. The molecule has 0 saturated carbocycles. The zero-order chi connectivity index (χ0) is 12.9. The second-order valence-electron chi connectivity index (χ2n) is 4.97. The Morgan fingerprint density at radius 2 is 2.18 bits per heavy atom. The Kier molecular flexibility index (Phi) is 4.61. The molecule has 4 heteroatoms. The molecule has 1 aromatic heterocycles. The van der Waals surface area contributed by atoms with Crippen molar-refractivity contribution in [2.24, 2.45) is 0 Å². The van der Waals surface area contributed by atoms with Gasteiger partial charge in [-0.25, -0.2) is 4.79 Å². The van der Waals surface area contributed by atoms with E-state index in [4.69, 9.17) is 9.15 Å². The van der Waals surface area contributed by atoms with Gasteiger partial charge < -0.3 is 9.15 Å². The Morgan fingerprint density at radius 3 is 2.65 bits per heavy atom. The first-order chi connectivity index (χ1) is 7.94. The molecule has 1 rings (SSSR count). The van der Waals surface area contributed by atoms with Crippen molar-refractivity contribution in [2.75, 3.05) is 11.4 Å². The Labute approximate surface area is 103 Å². The Balaban J connectivity index is 2.73. The number of carbonyl (C=O) groups excluding carboxylic acids is 1. The predicted molar refractivity (Wildman–Crippen MR) is 67.2 cm³/mol. The molecule has 1 heterocycles. The first-order valence-electron chi connectivity index (χ1n) is 5.97. The highest BCUT2D eigenvalue weighted by Crippen LogP contribution is 2.19. The topological polar surface area (TPSA) is 42.7 Å². The van der Waals surface area contributed by atoms with Gasteiger partial charge in [0.1, 0.15) is 11.9 Å². The van der Waals surface area contributed by atoms with E-state index in [9.17, 15) is 4.79 Å². The van der Waals surface area contributed by atoms with E-state index in [1.165, 1.54) is 0 Å². The van der Waals surface area contributed by atoms with Crippen LogP contribution in [0, 0.1) is 0 Å². The number of anilines is 1. The number of amides is 1. The number of nitrogens with zero attached hydrogens (tertiary/aromatic N) is 1. The van der Waals surface area contributed by atoms with Crippen LogP contribution >= 0.6 is 0 Å². The van der Waals surface area contributed by atoms with Gasteiger partial charge in [0, 0.05) is 12.6 Å². The number of unbranched alkanes of at least 4 members (excludes halogenated alkanes) is 1. The highest BCUT2D eigenvalue weighted by atomic mass is 16.6. The van der Waals surface area contributed by atoms with Crippen LogP contribution in [0.3, 0.4) is 0 Å². The molecule has 0 spiro atoms. The average Bonchev–Trinajstić information content (AvgIpc) is 2.68. The first kappa shape index (κ1) is 13.6. The molecule has 96 valence electrons. The van der Waals surface area contributed by atoms with Crippen LogP contribution in [0.4, 0.5) is 10.5 Å². The van der Waals surface area contributed by atoms with Crippen LogP contribution in [-0.2, 0) is 4.74 Å². The number of hydrogen-bond acceptors (Lipinski definition) is 3. The summed E-state index contributed by atoms with van der Waals surface area (Å²) in [4.78, 5) is 13.6. The second-order valence-corrected chi connectivity index (χ2v) is 4.97. The number of carbonyl (C=O) groups is 1. The van der Waals surface area contributed by atoms with Crippen LogP contribution in [-0.4, -0.2) is 18.2 Å². The van der Waals surface area contributed by atoms with Gasteiger partial charge in [0.05, 0.1) is 12.0 Å². The van der Waals surface area contributed by atoms with Gasteiger partial charge in [-0.05, 0) is 27.2 Å². The van der Waals surface area contributed by atoms with Crippen molar-refractivity contribution < 1.29 is 13.9 Å². The zero-order valence-electron chi connectivity index (χ0n) is 11.0. The van der Waals surface area contributed by atoms with Gasteiger partial charge in [0.15, 0.2) is 0 Å². The monoisotopic (exact) mass is 239 g/mol. The number of furan rings is 1. The van der Waals surface area contributed by atoms with E-state index >= 15 is 0 Å². The molecule has 1 amide bonds. The van der Waals surface area contributed by atoms with Gasteiger partial charge >= 0.3 is 6.09 Å². The fourth-order valence-corrected chi connectivity index (χ4v) is 1.37. The van der Waals surface area contributed by atoms with Crippen LogP contribution in [0.25, 0.3) is 0 Å². The highest BCUT2D eigenvalue weighted by Gasteiger charge is 2.23. The lowest BCUT2D eigenvalue weighted by Gasteiger charge is -2.26. The van der Waals surface area contributed by atoms with Gasteiger partial charge in [-0.15, -0.1) is 0 Å². The molecule has 0 aliphatic heterocycles. The summed E-state index contributed by atoms with van der Waals surface area (Å²) in [7, 11) is 0. The molecule has 17 heavy (non-hydrogen) atoms. The molecule has 0 bridgehead atoms. The van der Waals surface area contributed by atoms with E-state index < -0.39 is 5.60 Å². The first-order valence-corrected chi connectivity index (χ1v) is 5.97. The SMILES string of the molecule is CCCCN(C(=O)OC(C)(C)C)c1ccoc1. The quantitative estimate of drug-likeness (QED) is 0.802. The summed E-state index contributed by atoms with van der Waals surface area (Å²) >= 11 is 0. The van der Waals surface area contributed by atoms with Crippen molar-refractivity contribution in [2.45, 2.75) is 46.1 Å². The summed E-state index contributed by atoms with van der Waals surface area (Å²) < 4.78 is 10.4. The third-order valence-corrected chi connectivity index (χ3v) is 2.17. The van der Waals surface area contributed by atoms with Crippen molar-refractivity contribution >= 4 is 11.8 Å². The van der Waals surface area contributed by atoms with Crippen molar-refractivity contribution in [1.82, 2.24) is 0 Å². The minimum absolute atomic E-state index is 0.327. The Bertz CT molecular complexity index is 338. The lowest BCUT2D eigenvalue weighted by molar-refractivity contribution is 0.0579. The van der Waals surface area contributed by atoms with Crippen LogP contribution in [0.2, 0.25) is 0 Å². The van der Waals surface area contributed by atoms with Gasteiger partial charge in [0.2, 0.25) is 0 Å². The van der Waals surface area contributed by atoms with E-state index in [0.29, 0.717) is 6.54 Å². The minimum Gasteiger partial charge on any atom is -0.470 e. The maximum absolute atomic E-state index is 12.0. The molecule has 0 atom stereocenters. The summed E-state index contributed by atoms with van der Waals surface area (Å²) in [6.45, 7) is 8.31. The van der Waals surface area contributed by atoms with Gasteiger partial charge in [-0.2, -0.15) is 0 Å². The minimum atomic E-state index is -0.481. The smallest absolute Gasteiger partial charge is 0.414 e. The largest absolute Gasteiger partial charge is 0.470 e. The lowest BCUT2D eigenvalue weighted by Crippen LogP contribution is -2.37. The van der Waals surface area contributed by atoms with Gasteiger partial charge in [-0.3, -0.25) is 4.90 Å². The van der Waals surface area contributed by atoms with Crippen molar-refractivity contribution in [1.29, 1.82) is 0 Å². The van der Waals surface area contributed by atoms with E-state index in [1.54, 1.807) is 23.5 Å². The van der Waals surface area contributed by atoms with Crippen molar-refractivity contribution in [3.05, 3.63) is 18.6 Å². The molecular weight excluding hydrogens is 218 g/mol. The van der Waals surface area contributed by atoms with E-state index in [-0.39, 0.29) is 6.09 Å². The number of rotatable bonds is 4. The summed E-state index contributed by atoms with van der Waals surface area (Å²) in [5.41, 5.74) is 0.262. The molecule has 0 fully saturated rings. The molecular formula is C13H21NO3. The number of ether oxygens (including phenoxy) is 1. The third kappa shape index (κ3) is 4.51. The van der Waals surface area contributed by atoms with E-state index in [0.717, 1.165) is 18.5 Å². The summed E-state index contributed by atoms with van der Waals surface area (Å²) in [6, 6.07) is 1.76. The normalized spacial score (nSPS) is 11.3. The molecule has 0 unspecified atom stereocenters. The third-order valence-electron chi connectivity index (χ3n) is 2.17. The highest BCUT2D eigenvalue weighted by molar-refractivity contribution is 5.87. The zero-order valence-corrected chi connectivity index (χ0v) is 11.0. The molecule has 0 radical (unpaired) electrons. The van der Waals surface area contributed by atoms with Crippen LogP contribution in [0.15, 0.2) is 23.0 Å². The standard InChI is InChI=1S/C13H21NO3/c1-5-6-8-14(11-7-9-16-10-11)12(15)17-13(2,3)4/h7,9-10H,5-6,8H2,1-4H3. The lowest BCUT2D eigenvalue weighted by atomic mass is 10.2. The van der Waals surface area contributed by atoms with Crippen molar-refractivity contribution in [3.8, 4) is 0 Å². The van der Waals surface area contributed by atoms with Gasteiger partial charge in [-0.1, -0.05) is 13.3 Å². The fourth-order valence-electron chi connectivity index (χ4n) is 1.37. The van der Waals surface area contributed by atoms with Crippen LogP contribution in [0.1, 0.15) is 40.5 Å². The molecule has 4 nitrogen and oxygen atoms in total. The molecule has 0 aromatic carbocycles. The molecule has 0 aliphatic carbocycles. The maximum atomic E-state index is 12.0. The maximum Gasteiger partial charge on any atom is 0.414 e. The van der Waals surface area contributed by atoms with Crippen LogP contribution < -0.4 is 4.90 Å². The number of hydrogen-bond donors (Lipinski definition) is 0. The van der Waals surface area contributed by atoms with Crippen LogP contribution in [0.5, 0.6) is 0 Å². The molecule has 1 aromatic rings. The Hall–Kier alpha value is -1.45. The van der Waals surface area contributed by atoms with Gasteiger partial charge in [0.25, 0.3) is 0 Å². The van der Waals surface area contributed by atoms with E-state index in [1.807, 2.05) is 20.8 Å². The molecule has 0 saturated heterocycles. The molecule has 0 N–H and O–H groups in total.